The van der Waals surface area contributed by atoms with E-state index in [0.717, 1.165) is 29.9 Å². The lowest BCUT2D eigenvalue weighted by Crippen LogP contribution is -1.96. The number of hydrogen-bond donors (Lipinski definition) is 1. The van der Waals surface area contributed by atoms with E-state index in [1.54, 1.807) is 14.2 Å². The van der Waals surface area contributed by atoms with Crippen LogP contribution < -0.4 is 15.2 Å². The Morgan fingerprint density at radius 3 is 2.69 bits per heavy atom. The van der Waals surface area contributed by atoms with Gasteiger partial charge in [-0.25, -0.2) is 0 Å². The third-order valence-electron chi connectivity index (χ3n) is 2.14. The molecule has 1 rings (SSSR count). The van der Waals surface area contributed by atoms with Crippen molar-refractivity contribution in [1.82, 2.24) is 0 Å². The molecule has 0 bridgehead atoms. The fourth-order valence-electron chi connectivity index (χ4n) is 1.26. The topological polar surface area (TPSA) is 44.5 Å². The summed E-state index contributed by atoms with van der Waals surface area (Å²) in [4.78, 5) is 0. The van der Waals surface area contributed by atoms with Gasteiger partial charge in [0.05, 0.1) is 19.8 Å². The zero-order valence-corrected chi connectivity index (χ0v) is 9.75. The van der Waals surface area contributed by atoms with E-state index >= 15 is 0 Å². The molecule has 2 N–H and O–H groups in total. The molecule has 0 aliphatic heterocycles. The van der Waals surface area contributed by atoms with Crippen LogP contribution in [-0.2, 0) is 0 Å². The Bertz CT molecular complexity index is 391. The third kappa shape index (κ3) is 3.48. The highest BCUT2D eigenvalue weighted by molar-refractivity contribution is 5.50. The molecule has 0 amide bonds. The molecule has 0 radical (unpaired) electrons. The van der Waals surface area contributed by atoms with Gasteiger partial charge in [-0.3, -0.25) is 0 Å². The standard InChI is InChI=1S/C13H17NO2/c1-15-12-7-8-13(16-2)11(10-12)6-4-3-5-9-14/h7-8,10H,3,5,9,14H2,1-2H3. The molecule has 1 aromatic rings. The Morgan fingerprint density at radius 2 is 2.06 bits per heavy atom. The van der Waals surface area contributed by atoms with E-state index in [9.17, 15) is 0 Å². The third-order valence-corrected chi connectivity index (χ3v) is 2.14. The first-order chi connectivity index (χ1) is 7.81. The van der Waals surface area contributed by atoms with Gasteiger partial charge in [0.2, 0.25) is 0 Å². The van der Waals surface area contributed by atoms with Crippen molar-refractivity contribution in [2.75, 3.05) is 20.8 Å². The van der Waals surface area contributed by atoms with Gasteiger partial charge in [-0.15, -0.1) is 0 Å². The zero-order chi connectivity index (χ0) is 11.8. The van der Waals surface area contributed by atoms with Gasteiger partial charge in [0, 0.05) is 6.42 Å². The number of nitrogens with two attached hydrogens (primary N) is 1. The zero-order valence-electron chi connectivity index (χ0n) is 9.75. The summed E-state index contributed by atoms with van der Waals surface area (Å²) < 4.78 is 10.4. The van der Waals surface area contributed by atoms with Crippen LogP contribution in [0.3, 0.4) is 0 Å². The monoisotopic (exact) mass is 219 g/mol. The second-order valence-electron chi connectivity index (χ2n) is 3.26. The van der Waals surface area contributed by atoms with Crippen LogP contribution in [0.2, 0.25) is 0 Å². The molecule has 86 valence electrons. The fraction of sp³-hybridized carbons (Fsp3) is 0.385. The van der Waals surface area contributed by atoms with E-state index in [-0.39, 0.29) is 0 Å². The maximum Gasteiger partial charge on any atom is 0.134 e. The van der Waals surface area contributed by atoms with Gasteiger partial charge < -0.3 is 15.2 Å². The minimum Gasteiger partial charge on any atom is -0.497 e. The molecule has 0 fully saturated rings. The fourth-order valence-corrected chi connectivity index (χ4v) is 1.26. The summed E-state index contributed by atoms with van der Waals surface area (Å²) in [5.41, 5.74) is 6.24. The minimum absolute atomic E-state index is 0.671. The lowest BCUT2D eigenvalue weighted by molar-refractivity contribution is 0.402. The molecule has 0 aromatic heterocycles. The first kappa shape index (κ1) is 12.4. The highest BCUT2D eigenvalue weighted by Gasteiger charge is 2.01. The molecule has 3 nitrogen and oxygen atoms in total. The number of ether oxygens (including phenoxy) is 2. The van der Waals surface area contributed by atoms with Crippen LogP contribution in [-0.4, -0.2) is 20.8 Å². The summed E-state index contributed by atoms with van der Waals surface area (Å²) in [6, 6.07) is 5.57. The van der Waals surface area contributed by atoms with E-state index in [4.69, 9.17) is 15.2 Å². The molecule has 0 spiro atoms. The van der Waals surface area contributed by atoms with Crippen molar-refractivity contribution in [1.29, 1.82) is 0 Å². The lowest BCUT2D eigenvalue weighted by atomic mass is 10.2. The quantitative estimate of drug-likeness (QED) is 0.620. The van der Waals surface area contributed by atoms with Crippen LogP contribution in [0, 0.1) is 11.8 Å². The minimum atomic E-state index is 0.671. The van der Waals surface area contributed by atoms with Crippen LogP contribution in [0.4, 0.5) is 0 Å². The highest BCUT2D eigenvalue weighted by Crippen LogP contribution is 2.22. The Hall–Kier alpha value is -1.66. The maximum absolute atomic E-state index is 5.40. The molecular formula is C13H17NO2. The summed E-state index contributed by atoms with van der Waals surface area (Å²) in [6.45, 7) is 0.671. The van der Waals surface area contributed by atoms with Crippen molar-refractivity contribution < 1.29 is 9.47 Å². The molecule has 0 saturated heterocycles. The second kappa shape index (κ2) is 6.76. The van der Waals surface area contributed by atoms with Gasteiger partial charge in [-0.2, -0.15) is 0 Å². The first-order valence-electron chi connectivity index (χ1n) is 5.22. The average Bonchev–Trinajstić information content (AvgIpc) is 2.34. The normalized spacial score (nSPS) is 9.19. The molecule has 0 aliphatic carbocycles. The number of benzene rings is 1. The number of methoxy groups -OCH3 is 2. The predicted molar refractivity (Wildman–Crippen MR) is 64.7 cm³/mol. The van der Waals surface area contributed by atoms with Crippen molar-refractivity contribution in [2.24, 2.45) is 5.73 Å². The molecular weight excluding hydrogens is 202 g/mol. The molecule has 0 saturated carbocycles. The maximum atomic E-state index is 5.40. The van der Waals surface area contributed by atoms with Crippen LogP contribution in [0.1, 0.15) is 18.4 Å². The summed E-state index contributed by atoms with van der Waals surface area (Å²) >= 11 is 0. The van der Waals surface area contributed by atoms with Crippen molar-refractivity contribution in [3.63, 3.8) is 0 Å². The molecule has 0 heterocycles. The summed E-state index contributed by atoms with van der Waals surface area (Å²) in [5, 5.41) is 0. The van der Waals surface area contributed by atoms with Crippen LogP contribution >= 0.6 is 0 Å². The van der Waals surface area contributed by atoms with Crippen LogP contribution in [0.15, 0.2) is 18.2 Å². The largest absolute Gasteiger partial charge is 0.497 e. The van der Waals surface area contributed by atoms with Gasteiger partial charge >= 0.3 is 0 Å². The van der Waals surface area contributed by atoms with E-state index < -0.39 is 0 Å². The summed E-state index contributed by atoms with van der Waals surface area (Å²) in [6.07, 6.45) is 1.72. The van der Waals surface area contributed by atoms with Gasteiger partial charge in [0.25, 0.3) is 0 Å². The molecule has 1 aromatic carbocycles. The lowest BCUT2D eigenvalue weighted by Gasteiger charge is -2.05. The van der Waals surface area contributed by atoms with E-state index in [1.165, 1.54) is 0 Å². The smallest absolute Gasteiger partial charge is 0.134 e. The SMILES string of the molecule is COc1ccc(OC)c(C#CCCCN)c1. The van der Waals surface area contributed by atoms with Gasteiger partial charge in [-0.1, -0.05) is 11.8 Å². The highest BCUT2D eigenvalue weighted by atomic mass is 16.5. The first-order valence-corrected chi connectivity index (χ1v) is 5.22. The Balaban J connectivity index is 2.85. The van der Waals surface area contributed by atoms with Gasteiger partial charge in [0.15, 0.2) is 0 Å². The molecule has 0 unspecified atom stereocenters. The molecule has 0 atom stereocenters. The summed E-state index contributed by atoms with van der Waals surface area (Å²) in [7, 11) is 3.26. The second-order valence-corrected chi connectivity index (χ2v) is 3.26. The molecule has 3 heteroatoms. The van der Waals surface area contributed by atoms with Crippen molar-refractivity contribution in [2.45, 2.75) is 12.8 Å². The van der Waals surface area contributed by atoms with Gasteiger partial charge in [-0.05, 0) is 31.2 Å². The molecule has 16 heavy (non-hydrogen) atoms. The van der Waals surface area contributed by atoms with Crippen LogP contribution in [0.5, 0.6) is 11.5 Å². The van der Waals surface area contributed by atoms with Crippen LogP contribution in [0.25, 0.3) is 0 Å². The summed E-state index contributed by atoms with van der Waals surface area (Å²) in [5.74, 6) is 7.67. The number of hydrogen-bond acceptors (Lipinski definition) is 3. The van der Waals surface area contributed by atoms with Crippen molar-refractivity contribution in [3.8, 4) is 23.3 Å². The van der Waals surface area contributed by atoms with E-state index in [1.807, 2.05) is 18.2 Å². The van der Waals surface area contributed by atoms with E-state index in [2.05, 4.69) is 11.8 Å². The predicted octanol–water partition coefficient (Wildman–Crippen LogP) is 1.79. The van der Waals surface area contributed by atoms with Crippen molar-refractivity contribution in [3.05, 3.63) is 23.8 Å². The number of rotatable bonds is 4. The van der Waals surface area contributed by atoms with Gasteiger partial charge in [0.1, 0.15) is 11.5 Å². The van der Waals surface area contributed by atoms with Crippen molar-refractivity contribution >= 4 is 0 Å². The average molecular weight is 219 g/mol. The molecule has 0 aliphatic rings. The van der Waals surface area contributed by atoms with E-state index in [0.29, 0.717) is 6.54 Å². The Kier molecular flexibility index (Phi) is 5.24. The Morgan fingerprint density at radius 1 is 1.25 bits per heavy atom. The Labute approximate surface area is 96.6 Å². The number of unbranched alkanes of at least 4 members (excludes halogenated alkanes) is 1.